The first-order chi connectivity index (χ1) is 12.1. The van der Waals surface area contributed by atoms with E-state index in [0.717, 1.165) is 27.8 Å². The van der Waals surface area contributed by atoms with Crippen molar-refractivity contribution in [3.8, 4) is 28.3 Å². The average molecular weight is 351 g/mol. The van der Waals surface area contributed by atoms with Crippen LogP contribution < -0.4 is 10.5 Å². The monoisotopic (exact) mass is 350 g/mol. The van der Waals surface area contributed by atoms with Gasteiger partial charge in [-0.1, -0.05) is 29.8 Å². The highest BCUT2D eigenvalue weighted by atomic mass is 35.5. The van der Waals surface area contributed by atoms with Crippen molar-refractivity contribution < 1.29 is 9.15 Å². The van der Waals surface area contributed by atoms with Crippen LogP contribution >= 0.6 is 11.6 Å². The molecule has 0 saturated carbocycles. The first-order valence-electron chi connectivity index (χ1n) is 7.74. The van der Waals surface area contributed by atoms with Gasteiger partial charge in [0.1, 0.15) is 11.3 Å². The number of aromatic nitrogens is 1. The fourth-order valence-corrected chi connectivity index (χ4v) is 2.87. The first-order valence-corrected chi connectivity index (χ1v) is 8.12. The van der Waals surface area contributed by atoms with Crippen molar-refractivity contribution in [2.45, 2.75) is 0 Å². The van der Waals surface area contributed by atoms with E-state index in [9.17, 15) is 0 Å². The molecule has 0 bridgehead atoms. The molecular formula is C20H15ClN2O2. The number of fused-ring (bicyclic) bond motifs is 1. The molecule has 0 aliphatic heterocycles. The standard InChI is InChI=1S/C20H15ClN2O2/c1-24-18-8-5-14(10-16(18)22)20-23-17-11-13(4-9-19(17)25-20)12-2-6-15(21)7-3-12/h2-11H,22H2,1H3. The molecule has 4 rings (SSSR count). The van der Waals surface area contributed by atoms with E-state index in [4.69, 9.17) is 26.5 Å². The Morgan fingerprint density at radius 1 is 0.920 bits per heavy atom. The third-order valence-electron chi connectivity index (χ3n) is 4.04. The van der Waals surface area contributed by atoms with E-state index in [1.165, 1.54) is 0 Å². The summed E-state index contributed by atoms with van der Waals surface area (Å²) in [6.45, 7) is 0. The number of oxazole rings is 1. The van der Waals surface area contributed by atoms with Crippen molar-refractivity contribution >= 4 is 28.4 Å². The van der Waals surface area contributed by atoms with E-state index in [1.807, 2.05) is 48.5 Å². The van der Waals surface area contributed by atoms with Gasteiger partial charge in [-0.05, 0) is 53.6 Å². The molecule has 4 nitrogen and oxygen atoms in total. The summed E-state index contributed by atoms with van der Waals surface area (Å²) in [6.07, 6.45) is 0. The van der Waals surface area contributed by atoms with Gasteiger partial charge in [0.05, 0.1) is 12.8 Å². The zero-order valence-corrected chi connectivity index (χ0v) is 14.2. The van der Waals surface area contributed by atoms with Crippen LogP contribution in [0.2, 0.25) is 5.02 Å². The number of nitrogen functional groups attached to an aromatic ring is 1. The van der Waals surface area contributed by atoms with Gasteiger partial charge in [0.15, 0.2) is 5.58 Å². The van der Waals surface area contributed by atoms with Gasteiger partial charge in [-0.15, -0.1) is 0 Å². The van der Waals surface area contributed by atoms with Gasteiger partial charge in [-0.3, -0.25) is 0 Å². The van der Waals surface area contributed by atoms with Crippen LogP contribution in [0, 0.1) is 0 Å². The van der Waals surface area contributed by atoms with Gasteiger partial charge in [-0.25, -0.2) is 4.98 Å². The van der Waals surface area contributed by atoms with Crippen LogP contribution in [0.25, 0.3) is 33.7 Å². The van der Waals surface area contributed by atoms with Crippen LogP contribution in [-0.4, -0.2) is 12.1 Å². The highest BCUT2D eigenvalue weighted by Crippen LogP contribution is 2.31. The van der Waals surface area contributed by atoms with Crippen molar-refractivity contribution in [2.75, 3.05) is 12.8 Å². The summed E-state index contributed by atoms with van der Waals surface area (Å²) in [5, 5.41) is 0.714. The molecule has 0 atom stereocenters. The number of hydrogen-bond acceptors (Lipinski definition) is 4. The fraction of sp³-hybridized carbons (Fsp3) is 0.0500. The van der Waals surface area contributed by atoms with Crippen molar-refractivity contribution in [2.24, 2.45) is 0 Å². The lowest BCUT2D eigenvalue weighted by atomic mass is 10.1. The predicted molar refractivity (Wildman–Crippen MR) is 101 cm³/mol. The number of ether oxygens (including phenoxy) is 1. The van der Waals surface area contributed by atoms with Gasteiger partial charge in [0, 0.05) is 10.6 Å². The Hall–Kier alpha value is -2.98. The molecule has 1 aromatic heterocycles. The molecule has 0 radical (unpaired) electrons. The Labute approximate surface area is 149 Å². The summed E-state index contributed by atoms with van der Waals surface area (Å²) >= 11 is 5.95. The zero-order chi connectivity index (χ0) is 17.4. The summed E-state index contributed by atoms with van der Waals surface area (Å²) in [5.41, 5.74) is 11.0. The first kappa shape index (κ1) is 15.5. The van der Waals surface area contributed by atoms with Gasteiger partial charge in [-0.2, -0.15) is 0 Å². The molecule has 0 aliphatic rings. The second kappa shape index (κ2) is 6.15. The summed E-state index contributed by atoms with van der Waals surface area (Å²) < 4.78 is 11.0. The second-order valence-electron chi connectivity index (χ2n) is 5.67. The average Bonchev–Trinajstić information content (AvgIpc) is 3.05. The molecule has 0 spiro atoms. The van der Waals surface area contributed by atoms with E-state index >= 15 is 0 Å². The Bertz CT molecular complexity index is 1060. The molecule has 25 heavy (non-hydrogen) atoms. The van der Waals surface area contributed by atoms with E-state index in [-0.39, 0.29) is 0 Å². The number of hydrogen-bond donors (Lipinski definition) is 1. The third kappa shape index (κ3) is 2.92. The largest absolute Gasteiger partial charge is 0.495 e. The van der Waals surface area contributed by atoms with Crippen LogP contribution in [0.1, 0.15) is 0 Å². The molecule has 3 aromatic carbocycles. The van der Waals surface area contributed by atoms with E-state index in [1.54, 1.807) is 19.2 Å². The Kier molecular flexibility index (Phi) is 3.82. The maximum atomic E-state index is 5.97. The van der Waals surface area contributed by atoms with Crippen LogP contribution in [0.4, 0.5) is 5.69 Å². The predicted octanol–water partition coefficient (Wildman–Crippen LogP) is 5.41. The second-order valence-corrected chi connectivity index (χ2v) is 6.10. The number of halogens is 1. The third-order valence-corrected chi connectivity index (χ3v) is 4.29. The molecule has 4 aromatic rings. The topological polar surface area (TPSA) is 61.3 Å². The smallest absolute Gasteiger partial charge is 0.227 e. The van der Waals surface area contributed by atoms with Crippen molar-refractivity contribution in [3.05, 3.63) is 65.7 Å². The van der Waals surface area contributed by atoms with Crippen LogP contribution in [0.15, 0.2) is 65.1 Å². The number of anilines is 1. The van der Waals surface area contributed by atoms with E-state index in [2.05, 4.69) is 4.98 Å². The Morgan fingerprint density at radius 3 is 2.36 bits per heavy atom. The summed E-state index contributed by atoms with van der Waals surface area (Å²) in [6, 6.07) is 19.1. The molecule has 0 fully saturated rings. The summed E-state index contributed by atoms with van der Waals surface area (Å²) in [7, 11) is 1.59. The number of nitrogens with two attached hydrogens (primary N) is 1. The highest BCUT2D eigenvalue weighted by Gasteiger charge is 2.11. The number of rotatable bonds is 3. The van der Waals surface area contributed by atoms with Crippen molar-refractivity contribution in [3.63, 3.8) is 0 Å². The number of benzene rings is 3. The minimum atomic E-state index is 0.526. The lowest BCUT2D eigenvalue weighted by Crippen LogP contribution is -1.92. The van der Waals surface area contributed by atoms with Gasteiger partial charge in [0.2, 0.25) is 5.89 Å². The molecule has 124 valence electrons. The van der Waals surface area contributed by atoms with Gasteiger partial charge >= 0.3 is 0 Å². The fourth-order valence-electron chi connectivity index (χ4n) is 2.74. The normalized spacial score (nSPS) is 11.0. The molecule has 0 saturated heterocycles. The van der Waals surface area contributed by atoms with Crippen LogP contribution in [0.3, 0.4) is 0 Å². The summed E-state index contributed by atoms with van der Waals surface area (Å²) in [5.74, 6) is 1.16. The zero-order valence-electron chi connectivity index (χ0n) is 13.5. The molecule has 1 heterocycles. The number of nitrogens with zero attached hydrogens (tertiary/aromatic N) is 1. The number of methoxy groups -OCH3 is 1. The van der Waals surface area contributed by atoms with Crippen LogP contribution in [-0.2, 0) is 0 Å². The SMILES string of the molecule is COc1ccc(-c2nc3cc(-c4ccc(Cl)cc4)ccc3o2)cc1N. The van der Waals surface area contributed by atoms with Gasteiger partial charge in [0.25, 0.3) is 0 Å². The quantitative estimate of drug-likeness (QED) is 0.502. The maximum Gasteiger partial charge on any atom is 0.227 e. The van der Waals surface area contributed by atoms with Gasteiger partial charge < -0.3 is 14.9 Å². The summed E-state index contributed by atoms with van der Waals surface area (Å²) in [4.78, 5) is 4.59. The molecular weight excluding hydrogens is 336 g/mol. The highest BCUT2D eigenvalue weighted by molar-refractivity contribution is 6.30. The van der Waals surface area contributed by atoms with Crippen molar-refractivity contribution in [1.82, 2.24) is 4.98 Å². The van der Waals surface area contributed by atoms with E-state index in [0.29, 0.717) is 22.4 Å². The van der Waals surface area contributed by atoms with Crippen molar-refractivity contribution in [1.29, 1.82) is 0 Å². The lowest BCUT2D eigenvalue weighted by Gasteiger charge is -2.04. The molecule has 5 heteroatoms. The lowest BCUT2D eigenvalue weighted by molar-refractivity contribution is 0.417. The Morgan fingerprint density at radius 2 is 1.64 bits per heavy atom. The molecule has 0 aliphatic carbocycles. The Balaban J connectivity index is 1.75. The van der Waals surface area contributed by atoms with E-state index < -0.39 is 0 Å². The van der Waals surface area contributed by atoms with Crippen LogP contribution in [0.5, 0.6) is 5.75 Å². The minimum absolute atomic E-state index is 0.526. The molecule has 0 unspecified atom stereocenters. The molecule has 0 amide bonds. The molecule has 2 N–H and O–H groups in total. The minimum Gasteiger partial charge on any atom is -0.495 e. The maximum absolute atomic E-state index is 5.97.